The van der Waals surface area contributed by atoms with Crippen molar-refractivity contribution in [2.75, 3.05) is 38.2 Å². The van der Waals surface area contributed by atoms with Gasteiger partial charge in [-0.1, -0.05) is 30.3 Å². The molecule has 2 aromatic carbocycles. The van der Waals surface area contributed by atoms with Gasteiger partial charge >= 0.3 is 0 Å². The molecule has 0 bridgehead atoms. The van der Waals surface area contributed by atoms with Gasteiger partial charge in [-0.25, -0.2) is 13.1 Å². The highest BCUT2D eigenvalue weighted by molar-refractivity contribution is 7.89. The lowest BCUT2D eigenvalue weighted by atomic mass is 10.1. The van der Waals surface area contributed by atoms with E-state index in [1.807, 2.05) is 18.0 Å². The molecular formula is C21H27N3O3S. The molecule has 0 saturated carbocycles. The lowest BCUT2D eigenvalue weighted by Crippen LogP contribution is -2.44. The minimum atomic E-state index is -3.54. The highest BCUT2D eigenvalue weighted by atomic mass is 32.2. The van der Waals surface area contributed by atoms with Crippen LogP contribution < -0.4 is 14.4 Å². The Morgan fingerprint density at radius 3 is 2.57 bits per heavy atom. The van der Waals surface area contributed by atoms with Crippen LogP contribution in [0.2, 0.25) is 0 Å². The van der Waals surface area contributed by atoms with Crippen molar-refractivity contribution in [3.8, 4) is 5.75 Å². The molecule has 0 atom stereocenters. The van der Waals surface area contributed by atoms with Gasteiger partial charge < -0.3 is 9.64 Å². The molecule has 1 N–H and O–H groups in total. The van der Waals surface area contributed by atoms with Crippen molar-refractivity contribution in [2.24, 2.45) is 0 Å². The molecule has 150 valence electrons. The maximum Gasteiger partial charge on any atom is 0.240 e. The summed E-state index contributed by atoms with van der Waals surface area (Å²) in [7, 11) is -1.59. The monoisotopic (exact) mass is 401 g/mol. The molecule has 2 aromatic rings. The zero-order valence-corrected chi connectivity index (χ0v) is 17.0. The maximum absolute atomic E-state index is 12.9. The van der Waals surface area contributed by atoms with Gasteiger partial charge in [0.15, 0.2) is 0 Å². The van der Waals surface area contributed by atoms with Crippen LogP contribution in [0, 0.1) is 0 Å². The van der Waals surface area contributed by atoms with Crippen LogP contribution in [0.4, 0.5) is 5.69 Å². The fourth-order valence-corrected chi connectivity index (χ4v) is 5.16. The zero-order chi connectivity index (χ0) is 19.6. The van der Waals surface area contributed by atoms with E-state index in [1.165, 1.54) is 5.56 Å². The molecule has 0 aromatic heterocycles. The molecule has 1 fully saturated rings. The van der Waals surface area contributed by atoms with Gasteiger partial charge in [0.1, 0.15) is 12.4 Å². The van der Waals surface area contributed by atoms with Crippen LogP contribution in [-0.2, 0) is 16.6 Å². The normalized spacial score (nSPS) is 18.5. The third-order valence-corrected chi connectivity index (χ3v) is 7.01. The number of likely N-dealkylation sites (tertiary alicyclic amines) is 1. The second kappa shape index (κ2) is 8.11. The topological polar surface area (TPSA) is 61.9 Å². The second-order valence-electron chi connectivity index (χ2n) is 7.56. The number of fused-ring (bicyclic) bond motifs is 1. The smallest absolute Gasteiger partial charge is 0.240 e. The average Bonchev–Trinajstić information content (AvgIpc) is 2.70. The quantitative estimate of drug-likeness (QED) is 0.834. The molecular weight excluding hydrogens is 374 g/mol. The molecule has 7 heteroatoms. The summed E-state index contributed by atoms with van der Waals surface area (Å²) < 4.78 is 34.3. The number of ether oxygens (including phenoxy) is 1. The zero-order valence-electron chi connectivity index (χ0n) is 16.2. The SMILES string of the molecule is CN1CCOc2ccc(S(=O)(=O)NC3CCN(Cc4ccccc4)CC3)cc21. The number of likely N-dealkylation sites (N-methyl/N-ethyl adjacent to an activating group) is 1. The number of rotatable bonds is 5. The third-order valence-electron chi connectivity index (χ3n) is 5.49. The van der Waals surface area contributed by atoms with E-state index in [-0.39, 0.29) is 6.04 Å². The Morgan fingerprint density at radius 2 is 1.82 bits per heavy atom. The molecule has 2 aliphatic heterocycles. The Hall–Kier alpha value is -2.09. The van der Waals surface area contributed by atoms with Crippen LogP contribution in [0.25, 0.3) is 0 Å². The number of hydrogen-bond acceptors (Lipinski definition) is 5. The van der Waals surface area contributed by atoms with E-state index in [0.717, 1.165) is 50.5 Å². The van der Waals surface area contributed by atoms with Crippen molar-refractivity contribution < 1.29 is 13.2 Å². The average molecular weight is 402 g/mol. The van der Waals surface area contributed by atoms with Gasteiger partial charge in [0, 0.05) is 32.7 Å². The van der Waals surface area contributed by atoms with E-state index in [9.17, 15) is 8.42 Å². The summed E-state index contributed by atoms with van der Waals surface area (Å²) in [4.78, 5) is 4.71. The Balaban J connectivity index is 1.37. The molecule has 4 rings (SSSR count). The molecule has 0 radical (unpaired) electrons. The lowest BCUT2D eigenvalue weighted by molar-refractivity contribution is 0.200. The highest BCUT2D eigenvalue weighted by Crippen LogP contribution is 2.33. The van der Waals surface area contributed by atoms with Gasteiger partial charge in [-0.3, -0.25) is 4.90 Å². The highest BCUT2D eigenvalue weighted by Gasteiger charge is 2.26. The van der Waals surface area contributed by atoms with Crippen LogP contribution in [0.3, 0.4) is 0 Å². The minimum Gasteiger partial charge on any atom is -0.490 e. The summed E-state index contributed by atoms with van der Waals surface area (Å²) in [6.07, 6.45) is 1.64. The number of nitrogens with zero attached hydrogens (tertiary/aromatic N) is 2. The molecule has 28 heavy (non-hydrogen) atoms. The lowest BCUT2D eigenvalue weighted by Gasteiger charge is -2.32. The first-order chi connectivity index (χ1) is 13.5. The van der Waals surface area contributed by atoms with Gasteiger partial charge in [-0.15, -0.1) is 0 Å². The molecule has 0 spiro atoms. The molecule has 0 unspecified atom stereocenters. The predicted octanol–water partition coefficient (Wildman–Crippen LogP) is 2.46. The van der Waals surface area contributed by atoms with E-state index < -0.39 is 10.0 Å². The van der Waals surface area contributed by atoms with Crippen molar-refractivity contribution >= 4 is 15.7 Å². The van der Waals surface area contributed by atoms with E-state index >= 15 is 0 Å². The Morgan fingerprint density at radius 1 is 1.07 bits per heavy atom. The van der Waals surface area contributed by atoms with Crippen LogP contribution in [0.5, 0.6) is 5.75 Å². The van der Waals surface area contributed by atoms with Gasteiger partial charge in [-0.2, -0.15) is 0 Å². The number of benzene rings is 2. The molecule has 0 amide bonds. The summed E-state index contributed by atoms with van der Waals surface area (Å²) in [5.41, 5.74) is 2.12. The Kier molecular flexibility index (Phi) is 5.57. The van der Waals surface area contributed by atoms with E-state index in [1.54, 1.807) is 18.2 Å². The van der Waals surface area contributed by atoms with Crippen molar-refractivity contribution in [3.63, 3.8) is 0 Å². The van der Waals surface area contributed by atoms with E-state index in [2.05, 4.69) is 33.9 Å². The first kappa shape index (κ1) is 19.2. The number of nitrogens with one attached hydrogen (secondary N) is 1. The Labute approximate surface area is 167 Å². The third kappa shape index (κ3) is 4.32. The van der Waals surface area contributed by atoms with Crippen molar-refractivity contribution in [1.29, 1.82) is 0 Å². The summed E-state index contributed by atoms with van der Waals surface area (Å²) in [6, 6.07) is 15.5. The molecule has 6 nitrogen and oxygen atoms in total. The molecule has 2 aliphatic rings. The first-order valence-electron chi connectivity index (χ1n) is 9.78. The largest absolute Gasteiger partial charge is 0.490 e. The number of sulfonamides is 1. The fourth-order valence-electron chi connectivity index (χ4n) is 3.84. The van der Waals surface area contributed by atoms with E-state index in [0.29, 0.717) is 11.5 Å². The van der Waals surface area contributed by atoms with Gasteiger partial charge in [0.2, 0.25) is 10.0 Å². The molecule has 2 heterocycles. The summed E-state index contributed by atoms with van der Waals surface area (Å²) in [5.74, 6) is 0.738. The number of anilines is 1. The number of piperidine rings is 1. The number of hydrogen-bond donors (Lipinski definition) is 1. The Bertz CT molecular complexity index is 910. The maximum atomic E-state index is 12.9. The van der Waals surface area contributed by atoms with E-state index in [4.69, 9.17) is 4.74 Å². The van der Waals surface area contributed by atoms with Crippen LogP contribution in [0.1, 0.15) is 18.4 Å². The summed E-state index contributed by atoms with van der Waals surface area (Å²) in [6.45, 7) is 4.07. The summed E-state index contributed by atoms with van der Waals surface area (Å²) >= 11 is 0. The predicted molar refractivity (Wildman–Crippen MR) is 110 cm³/mol. The first-order valence-corrected chi connectivity index (χ1v) is 11.3. The van der Waals surface area contributed by atoms with Crippen molar-refractivity contribution in [1.82, 2.24) is 9.62 Å². The van der Waals surface area contributed by atoms with Crippen LogP contribution in [0.15, 0.2) is 53.4 Å². The fraction of sp³-hybridized carbons (Fsp3) is 0.429. The molecule has 0 aliphatic carbocycles. The molecule has 1 saturated heterocycles. The second-order valence-corrected chi connectivity index (χ2v) is 9.27. The van der Waals surface area contributed by atoms with Crippen LogP contribution in [-0.4, -0.2) is 52.6 Å². The van der Waals surface area contributed by atoms with Crippen LogP contribution >= 0.6 is 0 Å². The summed E-state index contributed by atoms with van der Waals surface area (Å²) in [5, 5.41) is 0. The standard InChI is InChI=1S/C21H27N3O3S/c1-23-13-14-27-21-8-7-19(15-20(21)23)28(25,26)22-18-9-11-24(12-10-18)16-17-5-3-2-4-6-17/h2-8,15,18,22H,9-14,16H2,1H3. The van der Waals surface area contributed by atoms with Gasteiger partial charge in [-0.05, 0) is 36.6 Å². The van der Waals surface area contributed by atoms with Crippen molar-refractivity contribution in [2.45, 2.75) is 30.3 Å². The minimum absolute atomic E-state index is 0.0259. The van der Waals surface area contributed by atoms with Gasteiger partial charge in [0.05, 0.1) is 17.1 Å². The van der Waals surface area contributed by atoms with Crippen molar-refractivity contribution in [3.05, 3.63) is 54.1 Å². The van der Waals surface area contributed by atoms with Gasteiger partial charge in [0.25, 0.3) is 0 Å².